The van der Waals surface area contributed by atoms with Crippen LogP contribution in [0, 0.1) is 6.92 Å². The van der Waals surface area contributed by atoms with Crippen molar-refractivity contribution < 1.29 is 4.74 Å². The average Bonchev–Trinajstić information content (AvgIpc) is 3.35. The van der Waals surface area contributed by atoms with Crippen molar-refractivity contribution in [3.05, 3.63) is 83.0 Å². The fraction of sp³-hybridized carbons (Fsp3) is 0.267. The maximum Gasteiger partial charge on any atom is 0.284 e. The van der Waals surface area contributed by atoms with Crippen molar-refractivity contribution in [2.24, 2.45) is 0 Å². The summed E-state index contributed by atoms with van der Waals surface area (Å²) in [6.07, 6.45) is 4.80. The molecule has 0 bridgehead atoms. The molecule has 0 amide bonds. The Morgan fingerprint density at radius 1 is 0.929 bits per heavy atom. The third-order valence-corrected chi connectivity index (χ3v) is 7.70. The molecule has 0 saturated carbocycles. The molecule has 4 aromatic heterocycles. The summed E-state index contributed by atoms with van der Waals surface area (Å²) in [6.45, 7) is 7.84. The molecule has 12 nitrogen and oxygen atoms in total. The maximum atomic E-state index is 13.8. The van der Waals surface area contributed by atoms with Gasteiger partial charge in [0.1, 0.15) is 5.39 Å². The molecular weight excluding hydrogens is 532 g/mol. The number of methoxy groups -OCH3 is 1. The standard InChI is InChI=1S/C30H30N10O2/c1-20-18-21(8-9-24(20)38-14-12-37(13-15-38)16-17-42-2)34-29-33-19-23-26(36-29)35-27-22-6-3-4-7-25(22)39(40(27)28(23)41)30-31-10-5-11-32-30/h3-11,18-19H,12-17H2,1-2H3,(H,33,34,36). The van der Waals surface area contributed by atoms with Crippen molar-refractivity contribution in [2.75, 3.05) is 56.7 Å². The molecule has 6 aromatic rings. The second-order valence-electron chi connectivity index (χ2n) is 10.3. The van der Waals surface area contributed by atoms with Crippen molar-refractivity contribution in [1.29, 1.82) is 0 Å². The van der Waals surface area contributed by atoms with Crippen LogP contribution in [0.4, 0.5) is 17.3 Å². The summed E-state index contributed by atoms with van der Waals surface area (Å²) < 4.78 is 8.38. The minimum Gasteiger partial charge on any atom is -0.383 e. The van der Waals surface area contributed by atoms with E-state index in [1.54, 1.807) is 30.3 Å². The fourth-order valence-electron chi connectivity index (χ4n) is 5.59. The molecule has 5 heterocycles. The number of ether oxygens (including phenoxy) is 1. The zero-order valence-corrected chi connectivity index (χ0v) is 23.4. The predicted molar refractivity (Wildman–Crippen MR) is 162 cm³/mol. The highest BCUT2D eigenvalue weighted by Gasteiger charge is 2.20. The maximum absolute atomic E-state index is 13.8. The summed E-state index contributed by atoms with van der Waals surface area (Å²) >= 11 is 0. The van der Waals surface area contributed by atoms with Gasteiger partial charge in [0.15, 0.2) is 11.3 Å². The van der Waals surface area contributed by atoms with Gasteiger partial charge in [-0.2, -0.15) is 9.50 Å². The monoisotopic (exact) mass is 562 g/mol. The van der Waals surface area contributed by atoms with E-state index in [4.69, 9.17) is 9.72 Å². The highest BCUT2D eigenvalue weighted by Crippen LogP contribution is 2.27. The summed E-state index contributed by atoms with van der Waals surface area (Å²) in [6, 6.07) is 15.7. The van der Waals surface area contributed by atoms with E-state index in [-0.39, 0.29) is 5.56 Å². The first-order chi connectivity index (χ1) is 20.6. The Labute approximate surface area is 241 Å². The van der Waals surface area contributed by atoms with Crippen molar-refractivity contribution >= 4 is 44.9 Å². The molecule has 7 rings (SSSR count). The molecule has 212 valence electrons. The largest absolute Gasteiger partial charge is 0.383 e. The lowest BCUT2D eigenvalue weighted by Crippen LogP contribution is -2.47. The van der Waals surface area contributed by atoms with E-state index in [0.717, 1.165) is 55.9 Å². The SMILES string of the molecule is COCCN1CCN(c2ccc(Nc3ncc4c(=O)n5c(nc4n3)c3ccccc3n5-c3ncccn3)cc2C)CC1. The zero-order chi connectivity index (χ0) is 28.6. The number of nitrogens with one attached hydrogen (secondary N) is 1. The lowest BCUT2D eigenvalue weighted by molar-refractivity contribution is 0.144. The lowest BCUT2D eigenvalue weighted by Gasteiger charge is -2.36. The molecule has 1 saturated heterocycles. The van der Waals surface area contributed by atoms with Crippen LogP contribution in [0.3, 0.4) is 0 Å². The Balaban J connectivity index is 1.20. The van der Waals surface area contributed by atoms with Crippen LogP contribution >= 0.6 is 0 Å². The first kappa shape index (κ1) is 26.0. The van der Waals surface area contributed by atoms with E-state index in [0.29, 0.717) is 28.6 Å². The second-order valence-corrected chi connectivity index (χ2v) is 10.3. The molecule has 42 heavy (non-hydrogen) atoms. The summed E-state index contributed by atoms with van der Waals surface area (Å²) in [7, 11) is 1.75. The zero-order valence-electron chi connectivity index (χ0n) is 23.4. The number of anilines is 3. The number of piperazine rings is 1. The number of aryl methyl sites for hydroxylation is 1. The second kappa shape index (κ2) is 10.8. The number of hydrogen-bond acceptors (Lipinski definition) is 10. The molecule has 12 heteroatoms. The molecular formula is C30H30N10O2. The molecule has 1 aliphatic heterocycles. The molecule has 0 aliphatic carbocycles. The van der Waals surface area contributed by atoms with Crippen molar-refractivity contribution in [3.8, 4) is 5.95 Å². The van der Waals surface area contributed by atoms with Crippen LogP contribution in [0.25, 0.3) is 33.5 Å². The van der Waals surface area contributed by atoms with Crippen LogP contribution in [-0.2, 0) is 4.74 Å². The summed E-state index contributed by atoms with van der Waals surface area (Å²) in [5.41, 5.74) is 4.51. The number of rotatable bonds is 7. The summed E-state index contributed by atoms with van der Waals surface area (Å²) in [5, 5.41) is 4.39. The van der Waals surface area contributed by atoms with Gasteiger partial charge in [-0.1, -0.05) is 12.1 Å². The predicted octanol–water partition coefficient (Wildman–Crippen LogP) is 3.19. The van der Waals surface area contributed by atoms with Gasteiger partial charge in [-0.3, -0.25) is 9.69 Å². The summed E-state index contributed by atoms with van der Waals surface area (Å²) in [5.74, 6) is 0.741. The molecule has 1 N–H and O–H groups in total. The minimum absolute atomic E-state index is 0.298. The number of aromatic nitrogens is 7. The molecule has 1 fully saturated rings. The van der Waals surface area contributed by atoms with Crippen LogP contribution < -0.4 is 15.8 Å². The van der Waals surface area contributed by atoms with Gasteiger partial charge in [0.05, 0.1) is 12.1 Å². The lowest BCUT2D eigenvalue weighted by atomic mass is 10.1. The van der Waals surface area contributed by atoms with Crippen molar-refractivity contribution in [3.63, 3.8) is 0 Å². The van der Waals surface area contributed by atoms with Gasteiger partial charge in [-0.15, -0.1) is 0 Å². The van der Waals surface area contributed by atoms with Gasteiger partial charge in [-0.25, -0.2) is 24.6 Å². The van der Waals surface area contributed by atoms with E-state index >= 15 is 0 Å². The molecule has 2 aromatic carbocycles. The first-order valence-corrected chi connectivity index (χ1v) is 13.9. The van der Waals surface area contributed by atoms with E-state index in [1.807, 2.05) is 30.3 Å². The van der Waals surface area contributed by atoms with E-state index in [1.165, 1.54) is 22.0 Å². The molecule has 0 unspecified atom stereocenters. The van der Waals surface area contributed by atoms with Crippen LogP contribution in [0.5, 0.6) is 0 Å². The third-order valence-electron chi connectivity index (χ3n) is 7.70. The van der Waals surface area contributed by atoms with Crippen LogP contribution in [-0.4, -0.2) is 85.5 Å². The third kappa shape index (κ3) is 4.60. The normalized spacial score (nSPS) is 14.3. The van der Waals surface area contributed by atoms with Gasteiger partial charge >= 0.3 is 0 Å². The van der Waals surface area contributed by atoms with E-state index in [9.17, 15) is 4.79 Å². The van der Waals surface area contributed by atoms with Crippen LogP contribution in [0.1, 0.15) is 5.56 Å². The Kier molecular flexibility index (Phi) is 6.68. The molecule has 0 spiro atoms. The molecule has 0 atom stereocenters. The van der Waals surface area contributed by atoms with Crippen LogP contribution in [0.15, 0.2) is 71.9 Å². The highest BCUT2D eigenvalue weighted by atomic mass is 16.5. The van der Waals surface area contributed by atoms with E-state index < -0.39 is 0 Å². The smallest absolute Gasteiger partial charge is 0.284 e. The van der Waals surface area contributed by atoms with Gasteiger partial charge in [0.25, 0.3) is 5.56 Å². The topological polar surface area (TPSA) is 119 Å². The number of para-hydroxylation sites is 1. The Bertz CT molecular complexity index is 1960. The van der Waals surface area contributed by atoms with Crippen molar-refractivity contribution in [2.45, 2.75) is 6.92 Å². The van der Waals surface area contributed by atoms with Gasteiger partial charge in [0, 0.05) is 75.2 Å². The molecule has 1 aliphatic rings. The van der Waals surface area contributed by atoms with Crippen LogP contribution in [0.2, 0.25) is 0 Å². The number of fused-ring (bicyclic) bond motifs is 4. The number of hydrogen-bond donors (Lipinski definition) is 1. The average molecular weight is 563 g/mol. The minimum atomic E-state index is -0.298. The molecule has 0 radical (unpaired) electrons. The Hall–Kier alpha value is -4.94. The van der Waals surface area contributed by atoms with E-state index in [2.05, 4.69) is 54.1 Å². The van der Waals surface area contributed by atoms with Gasteiger partial charge in [-0.05, 0) is 48.9 Å². The Morgan fingerprint density at radius 3 is 2.52 bits per heavy atom. The highest BCUT2D eigenvalue weighted by molar-refractivity contribution is 5.95. The number of nitrogens with zero attached hydrogens (tertiary/aromatic N) is 9. The Morgan fingerprint density at radius 2 is 1.74 bits per heavy atom. The number of benzene rings is 2. The summed E-state index contributed by atoms with van der Waals surface area (Å²) in [4.78, 5) is 41.3. The van der Waals surface area contributed by atoms with Gasteiger partial charge in [0.2, 0.25) is 11.9 Å². The van der Waals surface area contributed by atoms with Crippen molar-refractivity contribution in [1.82, 2.24) is 39.0 Å². The first-order valence-electron chi connectivity index (χ1n) is 13.9. The quantitative estimate of drug-likeness (QED) is 0.311. The fourth-order valence-corrected chi connectivity index (χ4v) is 5.59. The van der Waals surface area contributed by atoms with Gasteiger partial charge < -0.3 is 15.0 Å².